The maximum atomic E-state index is 5.93. The van der Waals surface area contributed by atoms with Gasteiger partial charge in [0.05, 0.1) is 39.9 Å². The molecule has 11 nitrogen and oxygen atoms in total. The first-order chi connectivity index (χ1) is 22.9. The molecule has 0 aliphatic carbocycles. The van der Waals surface area contributed by atoms with Gasteiger partial charge in [-0.15, -0.1) is 11.3 Å². The minimum atomic E-state index is 0.497. The summed E-state index contributed by atoms with van der Waals surface area (Å²) in [6.45, 7) is 8.97. The van der Waals surface area contributed by atoms with Crippen LogP contribution in [0.1, 0.15) is 18.4 Å². The number of thiophene rings is 1. The topological polar surface area (TPSA) is 97.8 Å². The predicted molar refractivity (Wildman–Crippen MR) is 197 cm³/mol. The molecule has 2 aromatic carbocycles. The molecule has 0 spiro atoms. The zero-order valence-corrected chi connectivity index (χ0v) is 29.3. The highest BCUT2D eigenvalue weighted by molar-refractivity contribution is 7.99. The number of aromatic nitrogens is 4. The van der Waals surface area contributed by atoms with Crippen LogP contribution >= 0.6 is 23.3 Å². The lowest BCUT2D eigenvalue weighted by molar-refractivity contribution is 0.0982. The molecule has 0 bridgehead atoms. The van der Waals surface area contributed by atoms with Crippen molar-refractivity contribution < 1.29 is 4.74 Å². The zero-order valence-electron chi connectivity index (χ0n) is 27.7. The van der Waals surface area contributed by atoms with Gasteiger partial charge in [-0.3, -0.25) is 14.9 Å². The average Bonchev–Trinajstić information content (AvgIpc) is 3.58. The van der Waals surface area contributed by atoms with E-state index in [4.69, 9.17) is 14.7 Å². The molecule has 13 heteroatoms. The highest BCUT2D eigenvalue weighted by Gasteiger charge is 2.28. The number of anilines is 6. The summed E-state index contributed by atoms with van der Waals surface area (Å²) in [5.41, 5.74) is 7.63. The van der Waals surface area contributed by atoms with Gasteiger partial charge < -0.3 is 29.5 Å². The number of aryl methyl sites for hydroxylation is 1. The first-order valence-corrected chi connectivity index (χ1v) is 18.1. The highest BCUT2D eigenvalue weighted by atomic mass is 32.2. The maximum Gasteiger partial charge on any atom is 0.229 e. The molecule has 2 aliphatic rings. The molecule has 5 heterocycles. The van der Waals surface area contributed by atoms with Gasteiger partial charge in [-0.1, -0.05) is 11.9 Å². The van der Waals surface area contributed by atoms with Crippen molar-refractivity contribution in [1.29, 1.82) is 0 Å². The van der Waals surface area contributed by atoms with Crippen molar-refractivity contribution in [2.45, 2.75) is 25.8 Å². The number of nitrogens with zero attached hydrogens (tertiary/aromatic N) is 8. The van der Waals surface area contributed by atoms with E-state index in [1.807, 2.05) is 36.9 Å². The van der Waals surface area contributed by atoms with Gasteiger partial charge in [0.25, 0.3) is 0 Å². The van der Waals surface area contributed by atoms with Gasteiger partial charge in [-0.2, -0.15) is 4.98 Å². The van der Waals surface area contributed by atoms with Gasteiger partial charge in [0.2, 0.25) is 5.95 Å². The van der Waals surface area contributed by atoms with Crippen LogP contribution in [0.2, 0.25) is 0 Å². The van der Waals surface area contributed by atoms with E-state index in [2.05, 4.69) is 65.7 Å². The maximum absolute atomic E-state index is 5.93. The summed E-state index contributed by atoms with van der Waals surface area (Å²) in [6, 6.07) is 11.0. The van der Waals surface area contributed by atoms with E-state index in [0.717, 1.165) is 63.0 Å². The number of likely N-dealkylation sites (N-methyl/N-ethyl adjacent to an activating group) is 1. The molecule has 0 unspecified atom stereocenters. The van der Waals surface area contributed by atoms with Crippen LogP contribution in [-0.4, -0.2) is 103 Å². The van der Waals surface area contributed by atoms with Crippen LogP contribution < -0.4 is 24.6 Å². The van der Waals surface area contributed by atoms with Crippen molar-refractivity contribution in [3.8, 4) is 5.75 Å². The fourth-order valence-corrected chi connectivity index (χ4v) is 7.87. The smallest absolute Gasteiger partial charge is 0.229 e. The number of benzene rings is 2. The minimum Gasteiger partial charge on any atom is -0.494 e. The molecule has 0 atom stereocenters. The number of fused-ring (bicyclic) bond motifs is 2. The van der Waals surface area contributed by atoms with Gasteiger partial charge >= 0.3 is 0 Å². The molecule has 2 N–H and O–H groups in total. The molecule has 3 aromatic heterocycles. The Bertz CT molecular complexity index is 1870. The molecule has 47 heavy (non-hydrogen) atoms. The van der Waals surface area contributed by atoms with E-state index in [9.17, 15) is 0 Å². The van der Waals surface area contributed by atoms with Crippen LogP contribution in [0, 0.1) is 6.92 Å². The molecular formula is C34H42N10OS2. The summed E-state index contributed by atoms with van der Waals surface area (Å²) in [4.78, 5) is 26.7. The first-order valence-electron chi connectivity index (χ1n) is 16.1. The van der Waals surface area contributed by atoms with Crippen molar-refractivity contribution >= 4 is 79.1 Å². The van der Waals surface area contributed by atoms with Crippen LogP contribution in [0.15, 0.2) is 48.1 Å². The normalized spacial score (nSPS) is 16.6. The lowest BCUT2D eigenvalue weighted by Gasteiger charge is -2.43. The molecule has 2 fully saturated rings. The molecule has 0 radical (unpaired) electrons. The predicted octanol–water partition coefficient (Wildman–Crippen LogP) is 6.37. The first kappa shape index (κ1) is 31.7. The average molecular weight is 671 g/mol. The zero-order chi connectivity index (χ0) is 32.5. The van der Waals surface area contributed by atoms with Crippen molar-refractivity contribution in [2.75, 3.05) is 86.6 Å². The molecular weight excluding hydrogens is 629 g/mol. The Kier molecular flexibility index (Phi) is 9.22. The summed E-state index contributed by atoms with van der Waals surface area (Å²) in [5.74, 6) is 1.99. The molecule has 2 aliphatic heterocycles. The van der Waals surface area contributed by atoms with E-state index in [1.54, 1.807) is 42.8 Å². The number of piperidine rings is 1. The largest absolute Gasteiger partial charge is 0.494 e. The number of hydrogen-bond acceptors (Lipinski definition) is 13. The quantitative estimate of drug-likeness (QED) is 0.171. The van der Waals surface area contributed by atoms with Crippen molar-refractivity contribution in [3.05, 3.63) is 53.7 Å². The van der Waals surface area contributed by atoms with Crippen molar-refractivity contribution in [2.24, 2.45) is 0 Å². The molecule has 7 rings (SSSR count). The van der Waals surface area contributed by atoms with Gasteiger partial charge in [0, 0.05) is 82.8 Å². The van der Waals surface area contributed by atoms with Gasteiger partial charge in [0.15, 0.2) is 5.82 Å². The second-order valence-electron chi connectivity index (χ2n) is 12.2. The van der Waals surface area contributed by atoms with Gasteiger partial charge in [-0.05, 0) is 62.0 Å². The summed E-state index contributed by atoms with van der Waals surface area (Å²) in [6.07, 6.45) is 7.86. The van der Waals surface area contributed by atoms with Crippen LogP contribution in [0.25, 0.3) is 21.3 Å². The number of rotatable bonds is 9. The number of methoxy groups -OCH3 is 1. The Balaban J connectivity index is 1.14. The summed E-state index contributed by atoms with van der Waals surface area (Å²) >= 11 is 3.22. The molecule has 2 saturated heterocycles. The van der Waals surface area contributed by atoms with Crippen LogP contribution in [0.4, 0.5) is 34.5 Å². The standard InChI is InChI=1S/C34H42N10OS2/c1-22-20-27(29(45-4)21-28(22)44-13-8-23(9-14-44)43-17-15-41(2)16-18-43)39-34-38-26-10-19-47-32(26)33(40-34)37-25-7-6-24-30(36-12-11-35-24)31(25)42(3)46-5/h6-7,10-12,19-21,23H,8-9,13-18H2,1-5H3,(H2,37,38,39,40). The third-order valence-electron chi connectivity index (χ3n) is 9.38. The monoisotopic (exact) mass is 670 g/mol. The minimum absolute atomic E-state index is 0.497. The van der Waals surface area contributed by atoms with E-state index < -0.39 is 0 Å². The third-order valence-corrected chi connectivity index (χ3v) is 11.0. The Morgan fingerprint density at radius 1 is 0.936 bits per heavy atom. The number of piperazine rings is 1. The van der Waals surface area contributed by atoms with Crippen molar-refractivity contribution in [3.63, 3.8) is 0 Å². The van der Waals surface area contributed by atoms with Crippen LogP contribution in [0.5, 0.6) is 5.75 Å². The van der Waals surface area contributed by atoms with E-state index in [1.165, 1.54) is 50.3 Å². The van der Waals surface area contributed by atoms with Crippen LogP contribution in [0.3, 0.4) is 0 Å². The fourth-order valence-electron chi connectivity index (χ4n) is 6.73. The van der Waals surface area contributed by atoms with Crippen LogP contribution in [-0.2, 0) is 0 Å². The number of nitrogens with one attached hydrogen (secondary N) is 2. The van der Waals surface area contributed by atoms with Crippen molar-refractivity contribution in [1.82, 2.24) is 29.7 Å². The second kappa shape index (κ2) is 13.7. The highest BCUT2D eigenvalue weighted by Crippen LogP contribution is 2.40. The number of hydrogen-bond donors (Lipinski definition) is 2. The second-order valence-corrected chi connectivity index (χ2v) is 14.1. The van der Waals surface area contributed by atoms with Gasteiger partial charge in [-0.25, -0.2) is 4.98 Å². The lowest BCUT2D eigenvalue weighted by atomic mass is 10.0. The third kappa shape index (κ3) is 6.49. The molecule has 0 saturated carbocycles. The Morgan fingerprint density at radius 3 is 2.49 bits per heavy atom. The Labute approximate surface area is 284 Å². The Hall–Kier alpha value is -3.91. The SMILES string of the molecule is COc1cc(N2CCC(N3CCN(C)CC3)CC2)c(C)cc1Nc1nc(Nc2ccc3nccnc3c2N(C)SC)c2sccc2n1. The summed E-state index contributed by atoms with van der Waals surface area (Å²) in [7, 11) is 5.98. The number of ether oxygens (including phenoxy) is 1. The molecule has 5 aromatic rings. The lowest BCUT2D eigenvalue weighted by Crippen LogP contribution is -2.52. The fraction of sp³-hybridized carbons (Fsp3) is 0.412. The molecule has 0 amide bonds. The summed E-state index contributed by atoms with van der Waals surface area (Å²) < 4.78 is 9.00. The summed E-state index contributed by atoms with van der Waals surface area (Å²) in [5, 5.41) is 9.14. The van der Waals surface area contributed by atoms with E-state index in [-0.39, 0.29) is 0 Å². The molecule has 246 valence electrons. The Morgan fingerprint density at radius 2 is 1.72 bits per heavy atom. The van der Waals surface area contributed by atoms with E-state index in [0.29, 0.717) is 12.0 Å². The van der Waals surface area contributed by atoms with Gasteiger partial charge in [0.1, 0.15) is 11.3 Å². The van der Waals surface area contributed by atoms with E-state index >= 15 is 0 Å².